The third kappa shape index (κ3) is 2.87. The number of hydrogen-bond donors (Lipinski definition) is 0. The van der Waals surface area contributed by atoms with E-state index in [-0.39, 0.29) is 0 Å². The zero-order valence-corrected chi connectivity index (χ0v) is 11.5. The lowest BCUT2D eigenvalue weighted by Crippen LogP contribution is -2.14. The van der Waals surface area contributed by atoms with E-state index in [2.05, 4.69) is 9.98 Å². The number of nitrogens with zero attached hydrogens (tertiary/aromatic N) is 4. The highest BCUT2D eigenvalue weighted by Gasteiger charge is 2.03. The zero-order chi connectivity index (χ0) is 12.4. The molecule has 1 heterocycles. The van der Waals surface area contributed by atoms with Crippen molar-refractivity contribution in [2.75, 3.05) is 19.0 Å². The van der Waals surface area contributed by atoms with Gasteiger partial charge in [0.15, 0.2) is 0 Å². The number of halogens is 1. The van der Waals surface area contributed by atoms with E-state index in [0.29, 0.717) is 5.02 Å². The molecule has 0 spiro atoms. The molecular weight excluding hydrogens is 256 g/mol. The average molecular weight is 269 g/mol. The monoisotopic (exact) mass is 268 g/mol. The minimum atomic E-state index is 0.711. The van der Waals surface area contributed by atoms with Crippen LogP contribution in [0.2, 0.25) is 5.02 Å². The van der Waals surface area contributed by atoms with Gasteiger partial charge in [0.1, 0.15) is 0 Å². The van der Waals surface area contributed by atoms with Crippen LogP contribution in [0, 0.1) is 0 Å². The van der Waals surface area contributed by atoms with Gasteiger partial charge < -0.3 is 4.90 Å². The van der Waals surface area contributed by atoms with E-state index in [1.165, 1.54) is 11.5 Å². The second kappa shape index (κ2) is 4.89. The van der Waals surface area contributed by atoms with Gasteiger partial charge in [-0.2, -0.15) is 4.98 Å². The van der Waals surface area contributed by atoms with E-state index >= 15 is 0 Å². The highest BCUT2D eigenvalue weighted by Crippen LogP contribution is 2.16. The van der Waals surface area contributed by atoms with Crippen molar-refractivity contribution in [3.8, 4) is 0 Å². The van der Waals surface area contributed by atoms with Crippen molar-refractivity contribution in [1.82, 2.24) is 8.94 Å². The normalized spacial score (nSPS) is 11.9. The van der Waals surface area contributed by atoms with Gasteiger partial charge in [0.05, 0.1) is 5.69 Å². The van der Waals surface area contributed by atoms with Crippen molar-refractivity contribution in [2.45, 2.75) is 0 Å². The fraction of sp³-hybridized carbons (Fsp3) is 0.273. The van der Waals surface area contributed by atoms with Crippen LogP contribution in [0.15, 0.2) is 29.3 Å². The maximum Gasteiger partial charge on any atom is 0.229 e. The largest absolute Gasteiger partial charge is 0.348 e. The van der Waals surface area contributed by atoms with Gasteiger partial charge in [0, 0.05) is 26.2 Å². The molecule has 90 valence electrons. The van der Waals surface area contributed by atoms with Gasteiger partial charge in [0.2, 0.25) is 10.7 Å². The van der Waals surface area contributed by atoms with Crippen LogP contribution in [0.3, 0.4) is 0 Å². The van der Waals surface area contributed by atoms with E-state index in [9.17, 15) is 0 Å². The minimum absolute atomic E-state index is 0.711. The predicted octanol–water partition coefficient (Wildman–Crippen LogP) is 2.43. The Balaban J connectivity index is 2.40. The van der Waals surface area contributed by atoms with Crippen LogP contribution < -0.4 is 9.70 Å². The highest BCUT2D eigenvalue weighted by atomic mass is 35.5. The molecule has 0 atom stereocenters. The Labute approximate surface area is 109 Å². The number of benzene rings is 1. The lowest BCUT2D eigenvalue weighted by atomic mass is 10.3. The minimum Gasteiger partial charge on any atom is -0.348 e. The van der Waals surface area contributed by atoms with Crippen molar-refractivity contribution in [1.29, 1.82) is 0 Å². The molecule has 1 aromatic carbocycles. The summed E-state index contributed by atoms with van der Waals surface area (Å²) in [6.07, 6.45) is 0. The molecule has 6 heteroatoms. The van der Waals surface area contributed by atoms with E-state index in [0.717, 1.165) is 16.4 Å². The molecule has 0 unspecified atom stereocenters. The van der Waals surface area contributed by atoms with E-state index < -0.39 is 0 Å². The molecule has 0 bridgehead atoms. The van der Waals surface area contributed by atoms with Crippen molar-refractivity contribution >= 4 is 34.8 Å². The molecule has 2 aromatic rings. The van der Waals surface area contributed by atoms with Gasteiger partial charge in [0.25, 0.3) is 0 Å². The molecule has 0 saturated carbocycles. The summed E-state index contributed by atoms with van der Waals surface area (Å²) in [5, 5.41) is 0.711. The van der Waals surface area contributed by atoms with Crippen LogP contribution >= 0.6 is 23.1 Å². The molecule has 0 aliphatic carbocycles. The smallest absolute Gasteiger partial charge is 0.229 e. The summed E-state index contributed by atoms with van der Waals surface area (Å²) in [6.45, 7) is 0. The number of aromatic nitrogens is 2. The van der Waals surface area contributed by atoms with Crippen LogP contribution in [0.5, 0.6) is 0 Å². The third-order valence-electron chi connectivity index (χ3n) is 2.15. The maximum absolute atomic E-state index is 5.82. The Hall–Kier alpha value is -1.33. The lowest BCUT2D eigenvalue weighted by molar-refractivity contribution is 0.914. The first-order chi connectivity index (χ1) is 8.06. The standard InChI is InChI=1S/C11H13ClN4S/c1-15(2)11-14-10(17-16(11)3)13-9-6-4-8(12)5-7-9/h4-7H,1-3H3. The zero-order valence-electron chi connectivity index (χ0n) is 9.88. The Bertz CT molecular complexity index is 568. The number of anilines is 1. The third-order valence-corrected chi connectivity index (χ3v) is 3.18. The van der Waals surface area contributed by atoms with Crippen LogP contribution in [0.25, 0.3) is 0 Å². The second-order valence-corrected chi connectivity index (χ2v) is 5.30. The molecule has 2 rings (SSSR count). The topological polar surface area (TPSA) is 33.4 Å². The summed E-state index contributed by atoms with van der Waals surface area (Å²) >= 11 is 7.33. The van der Waals surface area contributed by atoms with Crippen LogP contribution in [-0.2, 0) is 7.05 Å². The van der Waals surface area contributed by atoms with Gasteiger partial charge >= 0.3 is 0 Å². The first kappa shape index (κ1) is 12.1. The van der Waals surface area contributed by atoms with Gasteiger partial charge in [-0.1, -0.05) is 11.6 Å². The molecule has 0 aliphatic rings. The molecule has 0 saturated heterocycles. The molecule has 1 aromatic heterocycles. The van der Waals surface area contributed by atoms with Gasteiger partial charge in [-0.25, -0.2) is 4.99 Å². The van der Waals surface area contributed by atoms with Crippen molar-refractivity contribution in [3.05, 3.63) is 34.1 Å². The molecule has 4 nitrogen and oxygen atoms in total. The predicted molar refractivity (Wildman–Crippen MR) is 72.1 cm³/mol. The highest BCUT2D eigenvalue weighted by molar-refractivity contribution is 7.03. The lowest BCUT2D eigenvalue weighted by Gasteiger charge is -2.08. The number of hydrogen-bond acceptors (Lipinski definition) is 4. The van der Waals surface area contributed by atoms with Gasteiger partial charge in [-0.15, -0.1) is 0 Å². The second-order valence-electron chi connectivity index (χ2n) is 3.77. The molecule has 0 amide bonds. The fourth-order valence-corrected chi connectivity index (χ4v) is 2.32. The summed E-state index contributed by atoms with van der Waals surface area (Å²) in [5.74, 6) is 0.891. The van der Waals surface area contributed by atoms with E-state index in [4.69, 9.17) is 11.6 Å². The van der Waals surface area contributed by atoms with Crippen LogP contribution in [-0.4, -0.2) is 23.0 Å². The molecular formula is C11H13ClN4S. The van der Waals surface area contributed by atoms with Crippen molar-refractivity contribution in [3.63, 3.8) is 0 Å². The molecule has 0 N–H and O–H groups in total. The first-order valence-corrected chi connectivity index (χ1v) is 6.23. The maximum atomic E-state index is 5.82. The van der Waals surface area contributed by atoms with E-state index in [1.54, 1.807) is 0 Å². The summed E-state index contributed by atoms with van der Waals surface area (Å²) < 4.78 is 1.98. The Morgan fingerprint density at radius 2 is 1.94 bits per heavy atom. The molecule has 17 heavy (non-hydrogen) atoms. The summed E-state index contributed by atoms with van der Waals surface area (Å²) in [5.41, 5.74) is 0.856. The Kier molecular flexibility index (Phi) is 3.49. The first-order valence-electron chi connectivity index (χ1n) is 5.08. The fourth-order valence-electron chi connectivity index (χ4n) is 1.39. The quantitative estimate of drug-likeness (QED) is 0.838. The van der Waals surface area contributed by atoms with Crippen LogP contribution in [0.1, 0.15) is 0 Å². The van der Waals surface area contributed by atoms with Gasteiger partial charge in [-0.3, -0.25) is 3.96 Å². The SMILES string of the molecule is CN(C)c1nc(=Nc2ccc(Cl)cc2)sn1C. The number of rotatable bonds is 2. The molecule has 0 aliphatic heterocycles. The Morgan fingerprint density at radius 3 is 2.47 bits per heavy atom. The molecule has 0 radical (unpaired) electrons. The summed E-state index contributed by atoms with van der Waals surface area (Å²) in [4.78, 5) is 11.6. The van der Waals surface area contributed by atoms with Crippen molar-refractivity contribution < 1.29 is 0 Å². The average Bonchev–Trinajstić information content (AvgIpc) is 2.63. The summed E-state index contributed by atoms with van der Waals surface area (Å²) in [7, 11) is 5.89. The number of aryl methyl sites for hydroxylation is 1. The van der Waals surface area contributed by atoms with Crippen LogP contribution in [0.4, 0.5) is 11.6 Å². The Morgan fingerprint density at radius 1 is 1.29 bits per heavy atom. The van der Waals surface area contributed by atoms with Gasteiger partial charge in [-0.05, 0) is 35.8 Å². The molecule has 0 fully saturated rings. The van der Waals surface area contributed by atoms with Crippen molar-refractivity contribution in [2.24, 2.45) is 12.0 Å². The van der Waals surface area contributed by atoms with E-state index in [1.807, 2.05) is 54.3 Å². The summed E-state index contributed by atoms with van der Waals surface area (Å²) in [6, 6.07) is 7.39.